The van der Waals surface area contributed by atoms with Crippen molar-refractivity contribution in [1.29, 1.82) is 0 Å². The van der Waals surface area contributed by atoms with Crippen LogP contribution >= 0.6 is 11.6 Å². The van der Waals surface area contributed by atoms with Gasteiger partial charge < -0.3 is 15.0 Å². The van der Waals surface area contributed by atoms with Crippen molar-refractivity contribution in [3.05, 3.63) is 28.8 Å². The van der Waals surface area contributed by atoms with Crippen molar-refractivity contribution in [3.63, 3.8) is 0 Å². The molecule has 1 aromatic carbocycles. The number of carbonyl (C=O) groups is 2. The van der Waals surface area contributed by atoms with Crippen molar-refractivity contribution >= 4 is 23.4 Å². The summed E-state index contributed by atoms with van der Waals surface area (Å²) in [4.78, 5) is 25.6. The Balaban J connectivity index is 1.97. The summed E-state index contributed by atoms with van der Waals surface area (Å²) in [5, 5.41) is 3.40. The van der Waals surface area contributed by atoms with Crippen molar-refractivity contribution < 1.29 is 14.3 Å². The maximum atomic E-state index is 12.4. The summed E-state index contributed by atoms with van der Waals surface area (Å²) in [5.74, 6) is 0.229. The zero-order chi connectivity index (χ0) is 16.3. The third kappa shape index (κ3) is 4.13. The number of halogens is 1. The minimum Gasteiger partial charge on any atom is -0.492 e. The molecule has 1 aromatic rings. The quantitative estimate of drug-likeness (QED) is 0.920. The highest BCUT2D eigenvalue weighted by atomic mass is 35.5. The van der Waals surface area contributed by atoms with Crippen LogP contribution in [0.15, 0.2) is 18.2 Å². The third-order valence-corrected chi connectivity index (χ3v) is 3.72. The van der Waals surface area contributed by atoms with Gasteiger partial charge in [0.15, 0.2) is 0 Å². The summed E-state index contributed by atoms with van der Waals surface area (Å²) in [6, 6.07) is 5.47. The molecule has 0 unspecified atom stereocenters. The average molecular weight is 325 g/mol. The highest BCUT2D eigenvalue weighted by Crippen LogP contribution is 2.30. The lowest BCUT2D eigenvalue weighted by Crippen LogP contribution is -2.44. The van der Waals surface area contributed by atoms with Crippen LogP contribution in [0.2, 0.25) is 5.02 Å². The molecule has 0 bridgehead atoms. The van der Waals surface area contributed by atoms with E-state index in [0.29, 0.717) is 18.1 Å². The highest BCUT2D eigenvalue weighted by molar-refractivity contribution is 6.30. The Morgan fingerprint density at radius 2 is 2.18 bits per heavy atom. The lowest BCUT2D eigenvalue weighted by molar-refractivity contribution is -0.139. The Bertz CT molecular complexity index is 575. The molecule has 1 aliphatic heterocycles. The molecule has 2 amide bonds. The normalized spacial score (nSPS) is 16.7. The number of nitrogens with zero attached hydrogens (tertiary/aromatic N) is 1. The average Bonchev–Trinajstić information content (AvgIpc) is 2.44. The van der Waals surface area contributed by atoms with E-state index in [-0.39, 0.29) is 30.3 Å². The fourth-order valence-corrected chi connectivity index (χ4v) is 2.69. The fourth-order valence-electron chi connectivity index (χ4n) is 2.49. The number of benzene rings is 1. The molecule has 1 N–H and O–H groups in total. The van der Waals surface area contributed by atoms with Gasteiger partial charge >= 0.3 is 0 Å². The van der Waals surface area contributed by atoms with Gasteiger partial charge in [-0.3, -0.25) is 9.59 Å². The Kier molecular flexibility index (Phi) is 5.29. The van der Waals surface area contributed by atoms with Gasteiger partial charge in [0.2, 0.25) is 11.8 Å². The number of carbonyl (C=O) groups excluding carboxylic acids is 2. The van der Waals surface area contributed by atoms with Gasteiger partial charge in [0, 0.05) is 18.1 Å². The predicted octanol–water partition coefficient (Wildman–Crippen LogP) is 1.87. The van der Waals surface area contributed by atoms with E-state index >= 15 is 0 Å². The highest BCUT2D eigenvalue weighted by Gasteiger charge is 2.29. The van der Waals surface area contributed by atoms with Gasteiger partial charge in [-0.1, -0.05) is 11.6 Å². The molecule has 0 saturated heterocycles. The summed E-state index contributed by atoms with van der Waals surface area (Å²) in [6.45, 7) is 4.14. The first-order valence-corrected chi connectivity index (χ1v) is 7.70. The standard InChI is InChI=1S/C16H21ClN2O3/c1-10(2)18-15(20)8-19(3)16(21)12-6-11-7-13(17)4-5-14(11)22-9-12/h4-5,7,10,12H,6,8-9H2,1-3H3,(H,18,20)/t12-/m0/s1. The van der Waals surface area contributed by atoms with Gasteiger partial charge in [0.05, 0.1) is 12.5 Å². The smallest absolute Gasteiger partial charge is 0.239 e. The van der Waals surface area contributed by atoms with Crippen LogP contribution in [0.3, 0.4) is 0 Å². The van der Waals surface area contributed by atoms with Gasteiger partial charge in [-0.15, -0.1) is 0 Å². The molecular weight excluding hydrogens is 304 g/mol. The van der Waals surface area contributed by atoms with E-state index < -0.39 is 0 Å². The van der Waals surface area contributed by atoms with E-state index in [4.69, 9.17) is 16.3 Å². The number of rotatable bonds is 4. The Labute approximate surface area is 135 Å². The summed E-state index contributed by atoms with van der Waals surface area (Å²) < 4.78 is 5.63. The van der Waals surface area contributed by atoms with Gasteiger partial charge in [0.1, 0.15) is 12.4 Å². The number of fused-ring (bicyclic) bond motifs is 1. The SMILES string of the molecule is CC(C)NC(=O)CN(C)C(=O)[C@@H]1COc2ccc(Cl)cc2C1. The summed E-state index contributed by atoms with van der Waals surface area (Å²) in [6.07, 6.45) is 0.574. The number of likely N-dealkylation sites (N-methyl/N-ethyl adjacent to an activating group) is 1. The molecule has 2 rings (SSSR count). The monoisotopic (exact) mass is 324 g/mol. The van der Waals surface area contributed by atoms with Crippen LogP contribution in [0.4, 0.5) is 0 Å². The van der Waals surface area contributed by atoms with Crippen LogP contribution in [-0.4, -0.2) is 43.0 Å². The summed E-state index contributed by atoms with van der Waals surface area (Å²) in [7, 11) is 1.63. The van der Waals surface area contributed by atoms with E-state index in [2.05, 4.69) is 5.32 Å². The maximum Gasteiger partial charge on any atom is 0.239 e. The number of amides is 2. The largest absolute Gasteiger partial charge is 0.492 e. The van der Waals surface area contributed by atoms with Crippen LogP contribution < -0.4 is 10.1 Å². The van der Waals surface area contributed by atoms with Crippen LogP contribution in [-0.2, 0) is 16.0 Å². The second kappa shape index (κ2) is 7.01. The zero-order valence-corrected chi connectivity index (χ0v) is 13.8. The van der Waals surface area contributed by atoms with Crippen LogP contribution in [0.5, 0.6) is 5.75 Å². The molecule has 22 heavy (non-hydrogen) atoms. The first-order valence-electron chi connectivity index (χ1n) is 7.32. The Hall–Kier alpha value is -1.75. The molecule has 0 saturated carbocycles. The predicted molar refractivity (Wildman–Crippen MR) is 85.1 cm³/mol. The Morgan fingerprint density at radius 3 is 2.86 bits per heavy atom. The van der Waals surface area contributed by atoms with Gasteiger partial charge in [0.25, 0.3) is 0 Å². The fraction of sp³-hybridized carbons (Fsp3) is 0.500. The van der Waals surface area contributed by atoms with Gasteiger partial charge in [-0.2, -0.15) is 0 Å². The number of ether oxygens (including phenoxy) is 1. The molecule has 120 valence electrons. The van der Waals surface area contributed by atoms with E-state index in [9.17, 15) is 9.59 Å². The minimum absolute atomic E-state index is 0.0515. The molecule has 0 spiro atoms. The molecule has 1 atom stereocenters. The number of hydrogen-bond acceptors (Lipinski definition) is 3. The first-order chi connectivity index (χ1) is 10.4. The van der Waals surface area contributed by atoms with E-state index in [1.807, 2.05) is 26.0 Å². The molecule has 5 nitrogen and oxygen atoms in total. The molecule has 0 radical (unpaired) electrons. The lowest BCUT2D eigenvalue weighted by Gasteiger charge is -2.28. The van der Waals surface area contributed by atoms with E-state index in [1.165, 1.54) is 4.90 Å². The van der Waals surface area contributed by atoms with Gasteiger partial charge in [-0.25, -0.2) is 0 Å². The molecular formula is C16H21ClN2O3. The van der Waals surface area contributed by atoms with E-state index in [0.717, 1.165) is 11.3 Å². The molecule has 1 heterocycles. The third-order valence-electron chi connectivity index (χ3n) is 3.48. The van der Waals surface area contributed by atoms with Crippen molar-refractivity contribution in [2.45, 2.75) is 26.3 Å². The lowest BCUT2D eigenvalue weighted by atomic mass is 9.95. The van der Waals surface area contributed by atoms with Crippen LogP contribution in [0.1, 0.15) is 19.4 Å². The number of nitrogens with one attached hydrogen (secondary N) is 1. The van der Waals surface area contributed by atoms with Crippen LogP contribution in [0, 0.1) is 5.92 Å². The van der Waals surface area contributed by atoms with E-state index in [1.54, 1.807) is 13.1 Å². The first kappa shape index (κ1) is 16.6. The zero-order valence-electron chi connectivity index (χ0n) is 13.1. The molecule has 0 fully saturated rings. The van der Waals surface area contributed by atoms with Crippen molar-refractivity contribution in [3.8, 4) is 5.75 Å². The number of hydrogen-bond donors (Lipinski definition) is 1. The van der Waals surface area contributed by atoms with Crippen molar-refractivity contribution in [2.75, 3.05) is 20.2 Å². The minimum atomic E-state index is -0.289. The molecule has 1 aliphatic rings. The van der Waals surface area contributed by atoms with Crippen LogP contribution in [0.25, 0.3) is 0 Å². The second-order valence-electron chi connectivity index (χ2n) is 5.88. The maximum absolute atomic E-state index is 12.4. The topological polar surface area (TPSA) is 58.6 Å². The molecule has 6 heteroatoms. The van der Waals surface area contributed by atoms with Crippen molar-refractivity contribution in [1.82, 2.24) is 10.2 Å². The molecule has 0 aliphatic carbocycles. The second-order valence-corrected chi connectivity index (χ2v) is 6.32. The molecule has 0 aromatic heterocycles. The Morgan fingerprint density at radius 1 is 1.45 bits per heavy atom. The van der Waals surface area contributed by atoms with Crippen molar-refractivity contribution in [2.24, 2.45) is 5.92 Å². The summed E-state index contributed by atoms with van der Waals surface area (Å²) in [5.41, 5.74) is 0.928. The van der Waals surface area contributed by atoms with Gasteiger partial charge in [-0.05, 0) is 44.0 Å². The summed E-state index contributed by atoms with van der Waals surface area (Å²) >= 11 is 5.98.